The van der Waals surface area contributed by atoms with E-state index < -0.39 is 15.8 Å². The molecule has 0 aliphatic carbocycles. The summed E-state index contributed by atoms with van der Waals surface area (Å²) in [5, 5.41) is 5.78. The van der Waals surface area contributed by atoms with Gasteiger partial charge in [-0.2, -0.15) is 0 Å². The number of carbonyl (C=O) groups excluding carboxylic acids is 4. The lowest BCUT2D eigenvalue weighted by atomic mass is 10.1. The van der Waals surface area contributed by atoms with Gasteiger partial charge in [0.2, 0.25) is 0 Å². The van der Waals surface area contributed by atoms with Gasteiger partial charge in [0.05, 0.1) is 13.2 Å². The highest BCUT2D eigenvalue weighted by atomic mass is 35.7. The second kappa shape index (κ2) is 23.8. The summed E-state index contributed by atoms with van der Waals surface area (Å²) >= 11 is 7.99. The van der Waals surface area contributed by atoms with E-state index in [0.717, 1.165) is 50.9 Å². The molecule has 0 aliphatic rings. The molecule has 0 aromatic heterocycles. The molecule has 0 heterocycles. The van der Waals surface area contributed by atoms with E-state index in [1.54, 1.807) is 18.2 Å². The van der Waals surface area contributed by atoms with Gasteiger partial charge in [0.15, 0.2) is 10.2 Å². The zero-order valence-electron chi connectivity index (χ0n) is 29.8. The highest BCUT2D eigenvalue weighted by molar-refractivity contribution is 8.13. The molecular formula is C34H52ClN3O6P2S2. The highest BCUT2D eigenvalue weighted by Crippen LogP contribution is 2.41. The normalized spacial score (nSPS) is 12.4. The molecule has 2 unspecified atom stereocenters. The SMILES string of the molecule is CC(=O)Sc1cc(C)cc(C(=O)NCCCOP(C)Cl)c1.CC(=O)Sc1cc(C)cc(C(=O)NCCCOP(C)N(C(C)C)C(C)C)c1. The maximum atomic E-state index is 12.4. The maximum absolute atomic E-state index is 12.4. The van der Waals surface area contributed by atoms with Crippen molar-refractivity contribution in [2.75, 3.05) is 39.6 Å². The van der Waals surface area contributed by atoms with Crippen molar-refractivity contribution in [3.8, 4) is 0 Å². The molecule has 0 fully saturated rings. The Morgan fingerprint density at radius 3 is 1.48 bits per heavy atom. The number of hydrogen-bond acceptors (Lipinski definition) is 9. The number of halogens is 1. The van der Waals surface area contributed by atoms with Gasteiger partial charge in [-0.25, -0.2) is 0 Å². The number of carbonyl (C=O) groups is 4. The van der Waals surface area contributed by atoms with Gasteiger partial charge in [-0.1, -0.05) is 34.8 Å². The van der Waals surface area contributed by atoms with Crippen LogP contribution >= 0.6 is 50.6 Å². The van der Waals surface area contributed by atoms with Crippen molar-refractivity contribution >= 4 is 72.6 Å². The Balaban J connectivity index is 0.000000495. The van der Waals surface area contributed by atoms with E-state index in [4.69, 9.17) is 20.3 Å². The molecule has 2 aromatic rings. The summed E-state index contributed by atoms with van der Waals surface area (Å²) < 4.78 is 13.6. The fourth-order valence-corrected chi connectivity index (χ4v) is 8.60. The van der Waals surface area contributed by atoms with Crippen LogP contribution in [-0.2, 0) is 18.6 Å². The average Bonchev–Trinajstić information content (AvgIpc) is 2.95. The maximum Gasteiger partial charge on any atom is 0.251 e. The van der Waals surface area contributed by atoms with E-state index in [1.807, 2.05) is 38.7 Å². The summed E-state index contributed by atoms with van der Waals surface area (Å²) in [4.78, 5) is 48.4. The predicted molar refractivity (Wildman–Crippen MR) is 205 cm³/mol. The number of rotatable bonds is 17. The summed E-state index contributed by atoms with van der Waals surface area (Å²) in [6, 6.07) is 11.8. The summed E-state index contributed by atoms with van der Waals surface area (Å²) in [7, 11) is -1.50. The third-order valence-electron chi connectivity index (χ3n) is 6.29. The van der Waals surface area contributed by atoms with Crippen molar-refractivity contribution in [1.82, 2.24) is 15.3 Å². The molecule has 0 bridgehead atoms. The molecule has 9 nitrogen and oxygen atoms in total. The molecule has 268 valence electrons. The zero-order valence-corrected chi connectivity index (χ0v) is 34.0. The van der Waals surface area contributed by atoms with Gasteiger partial charge in [0, 0.05) is 59.9 Å². The quantitative estimate of drug-likeness (QED) is 0.0928. The molecular weight excluding hydrogens is 708 g/mol. The molecule has 2 N–H and O–H groups in total. The minimum atomic E-state index is -0.869. The first-order valence-electron chi connectivity index (χ1n) is 15.8. The van der Waals surface area contributed by atoms with Crippen molar-refractivity contribution in [2.24, 2.45) is 0 Å². The van der Waals surface area contributed by atoms with E-state index in [0.29, 0.717) is 55.9 Å². The number of amides is 2. The number of benzene rings is 2. The molecule has 2 amide bonds. The van der Waals surface area contributed by atoms with Crippen LogP contribution in [0.3, 0.4) is 0 Å². The van der Waals surface area contributed by atoms with E-state index >= 15 is 0 Å². The van der Waals surface area contributed by atoms with Gasteiger partial charge in [-0.3, -0.25) is 23.8 Å². The van der Waals surface area contributed by atoms with Crippen molar-refractivity contribution in [3.05, 3.63) is 58.7 Å². The fourth-order valence-electron chi connectivity index (χ4n) is 4.66. The van der Waals surface area contributed by atoms with Gasteiger partial charge in [-0.05, 0) is 115 Å². The van der Waals surface area contributed by atoms with Crippen LogP contribution in [0.1, 0.15) is 86.2 Å². The lowest BCUT2D eigenvalue weighted by Gasteiger charge is -2.35. The van der Waals surface area contributed by atoms with Crippen molar-refractivity contribution in [3.63, 3.8) is 0 Å². The first-order chi connectivity index (χ1) is 22.5. The van der Waals surface area contributed by atoms with Gasteiger partial charge in [0.25, 0.3) is 11.8 Å². The number of nitrogens with zero attached hydrogens (tertiary/aromatic N) is 1. The summed E-state index contributed by atoms with van der Waals surface area (Å²) in [6.45, 7) is 21.8. The standard InChI is InChI=1S/C20H33N2O3PS.C14H19ClNO3PS/c1-14(2)22(15(3)4)26(7)25-10-8-9-21-20(24)18-11-16(5)12-19(13-18)27-17(6)23;1-10-7-12(9-13(8-10)21-11(2)17)14(18)16-5-4-6-19-20(3)15/h11-15H,8-10H2,1-7H3,(H,21,24);7-9H,4-6H2,1-3H3,(H,16,18). The fraction of sp³-hybridized carbons (Fsp3) is 0.529. The lowest BCUT2D eigenvalue weighted by molar-refractivity contribution is -0.109. The molecule has 0 saturated heterocycles. The molecule has 2 rings (SSSR count). The Bertz CT molecular complexity index is 1340. The Labute approximate surface area is 303 Å². The molecule has 14 heteroatoms. The Kier molecular flexibility index (Phi) is 22.0. The topological polar surface area (TPSA) is 114 Å². The Morgan fingerprint density at radius 1 is 0.729 bits per heavy atom. The molecule has 48 heavy (non-hydrogen) atoms. The molecule has 2 aromatic carbocycles. The first-order valence-corrected chi connectivity index (χ1v) is 21.7. The van der Waals surface area contributed by atoms with Gasteiger partial charge in [-0.15, -0.1) is 0 Å². The summed E-state index contributed by atoms with van der Waals surface area (Å²) in [6.07, 6.45) is 1.48. The minimum Gasteiger partial charge on any atom is -0.352 e. The van der Waals surface area contributed by atoms with Crippen LogP contribution in [0.5, 0.6) is 0 Å². The van der Waals surface area contributed by atoms with Crippen LogP contribution in [0.4, 0.5) is 0 Å². The van der Waals surface area contributed by atoms with E-state index in [9.17, 15) is 19.2 Å². The summed E-state index contributed by atoms with van der Waals surface area (Å²) in [5.74, 6) is -0.261. The molecule has 2 atom stereocenters. The lowest BCUT2D eigenvalue weighted by Crippen LogP contribution is -2.33. The monoisotopic (exact) mass is 759 g/mol. The Morgan fingerprint density at radius 2 is 1.12 bits per heavy atom. The minimum absolute atomic E-state index is 0.00115. The van der Waals surface area contributed by atoms with Crippen LogP contribution in [-0.4, -0.2) is 78.4 Å². The van der Waals surface area contributed by atoms with Crippen LogP contribution in [0, 0.1) is 13.8 Å². The van der Waals surface area contributed by atoms with Gasteiger partial charge >= 0.3 is 0 Å². The number of nitrogens with one attached hydrogen (secondary N) is 2. The zero-order chi connectivity index (χ0) is 36.4. The largest absolute Gasteiger partial charge is 0.352 e. The second-order valence-corrected chi connectivity index (χ2v) is 18.3. The molecule has 0 radical (unpaired) electrons. The summed E-state index contributed by atoms with van der Waals surface area (Å²) in [5.41, 5.74) is 3.07. The molecule has 0 spiro atoms. The Hall–Kier alpha value is -1.55. The third kappa shape index (κ3) is 19.0. The number of thioether (sulfide) groups is 2. The first kappa shape index (κ1) is 44.5. The van der Waals surface area contributed by atoms with E-state index in [2.05, 4.69) is 49.7 Å². The third-order valence-corrected chi connectivity index (χ3v) is 10.8. The van der Waals surface area contributed by atoms with E-state index in [1.165, 1.54) is 13.8 Å². The molecule has 0 aliphatic heterocycles. The van der Waals surface area contributed by atoms with Crippen LogP contribution in [0.15, 0.2) is 46.2 Å². The average molecular weight is 760 g/mol. The van der Waals surface area contributed by atoms with Crippen molar-refractivity contribution in [1.29, 1.82) is 0 Å². The smallest absolute Gasteiger partial charge is 0.251 e. The molecule has 0 saturated carbocycles. The van der Waals surface area contributed by atoms with Crippen LogP contribution < -0.4 is 10.6 Å². The van der Waals surface area contributed by atoms with Gasteiger partial charge < -0.3 is 19.7 Å². The van der Waals surface area contributed by atoms with Crippen LogP contribution in [0.25, 0.3) is 0 Å². The number of aryl methyl sites for hydroxylation is 2. The van der Waals surface area contributed by atoms with Crippen LogP contribution in [0.2, 0.25) is 0 Å². The van der Waals surface area contributed by atoms with E-state index in [-0.39, 0.29) is 22.0 Å². The van der Waals surface area contributed by atoms with Crippen molar-refractivity contribution < 1.29 is 28.2 Å². The van der Waals surface area contributed by atoms with Gasteiger partial charge in [0.1, 0.15) is 15.8 Å². The van der Waals surface area contributed by atoms with Crippen molar-refractivity contribution in [2.45, 2.75) is 90.1 Å². The highest BCUT2D eigenvalue weighted by Gasteiger charge is 2.21. The predicted octanol–water partition coefficient (Wildman–Crippen LogP) is 8.78. The second-order valence-electron chi connectivity index (χ2n) is 11.6. The number of hydrogen-bond donors (Lipinski definition) is 2.